The second kappa shape index (κ2) is 8.59. The van der Waals surface area contributed by atoms with Gasteiger partial charge in [-0.05, 0) is 43.7 Å². The molecule has 2 aromatic carbocycles. The molecule has 1 aromatic heterocycles. The standard InChI is InChI=1S/C25H26F2N4O2/c1-2-29-9-11-30(12-10-29)23-14-22-17(13-20(23)27)24(32)18(15-31(22)16-7-8-16)25(33)28-21-6-4-3-5-19(21)26/h3-6,13-16H,2,7-12H2,1H3,(H,28,33). The number of aromatic nitrogens is 1. The summed E-state index contributed by atoms with van der Waals surface area (Å²) in [6, 6.07) is 8.92. The minimum Gasteiger partial charge on any atom is -0.367 e. The number of nitrogens with zero attached hydrogens (tertiary/aromatic N) is 3. The van der Waals surface area contributed by atoms with Crippen molar-refractivity contribution in [2.24, 2.45) is 0 Å². The van der Waals surface area contributed by atoms with Crippen LogP contribution in [0.1, 0.15) is 36.2 Å². The van der Waals surface area contributed by atoms with Crippen LogP contribution in [0.5, 0.6) is 0 Å². The molecule has 0 unspecified atom stereocenters. The average Bonchev–Trinajstić information content (AvgIpc) is 3.66. The Hall–Kier alpha value is -3.26. The number of benzene rings is 2. The lowest BCUT2D eigenvalue weighted by Crippen LogP contribution is -2.46. The number of pyridine rings is 1. The maximum atomic E-state index is 15.2. The van der Waals surface area contributed by atoms with E-state index in [1.54, 1.807) is 12.1 Å². The smallest absolute Gasteiger partial charge is 0.261 e. The minimum absolute atomic E-state index is 0.00674. The Morgan fingerprint density at radius 1 is 1.06 bits per heavy atom. The Morgan fingerprint density at radius 3 is 2.45 bits per heavy atom. The SMILES string of the molecule is CCN1CCN(c2cc3c(cc2F)c(=O)c(C(=O)Nc2ccccc2F)cn3C2CC2)CC1. The van der Waals surface area contributed by atoms with Crippen molar-refractivity contribution in [3.63, 3.8) is 0 Å². The molecule has 1 aliphatic heterocycles. The number of piperazine rings is 1. The van der Waals surface area contributed by atoms with Crippen LogP contribution in [0.25, 0.3) is 10.9 Å². The van der Waals surface area contributed by atoms with Crippen LogP contribution in [0.3, 0.4) is 0 Å². The first kappa shape index (κ1) is 21.6. The van der Waals surface area contributed by atoms with Gasteiger partial charge in [0.05, 0.1) is 16.9 Å². The van der Waals surface area contributed by atoms with E-state index < -0.39 is 23.0 Å². The van der Waals surface area contributed by atoms with Gasteiger partial charge in [0, 0.05) is 43.8 Å². The number of nitrogens with one attached hydrogen (secondary N) is 1. The van der Waals surface area contributed by atoms with Gasteiger partial charge in [0.2, 0.25) is 5.43 Å². The summed E-state index contributed by atoms with van der Waals surface area (Å²) >= 11 is 0. The van der Waals surface area contributed by atoms with E-state index in [1.165, 1.54) is 30.5 Å². The van der Waals surface area contributed by atoms with Crippen LogP contribution in [-0.2, 0) is 0 Å². The van der Waals surface area contributed by atoms with Gasteiger partial charge in [0.15, 0.2) is 0 Å². The quantitative estimate of drug-likeness (QED) is 0.636. The van der Waals surface area contributed by atoms with Crippen molar-refractivity contribution in [1.29, 1.82) is 0 Å². The van der Waals surface area contributed by atoms with Crippen molar-refractivity contribution in [3.05, 3.63) is 70.0 Å². The van der Waals surface area contributed by atoms with Crippen molar-refractivity contribution in [2.45, 2.75) is 25.8 Å². The van der Waals surface area contributed by atoms with Crippen LogP contribution in [0.4, 0.5) is 20.2 Å². The monoisotopic (exact) mass is 452 g/mol. The van der Waals surface area contributed by atoms with Gasteiger partial charge in [-0.2, -0.15) is 0 Å². The molecule has 8 heteroatoms. The zero-order valence-corrected chi connectivity index (χ0v) is 18.5. The van der Waals surface area contributed by atoms with Gasteiger partial charge in [-0.1, -0.05) is 19.1 Å². The fraction of sp³-hybridized carbons (Fsp3) is 0.360. The predicted octanol–water partition coefficient (Wildman–Crippen LogP) is 4.01. The topological polar surface area (TPSA) is 57.6 Å². The summed E-state index contributed by atoms with van der Waals surface area (Å²) in [4.78, 5) is 30.4. The van der Waals surface area contributed by atoms with E-state index in [-0.39, 0.29) is 22.7 Å². The lowest BCUT2D eigenvalue weighted by Gasteiger charge is -2.35. The Labute approximate surface area is 190 Å². The van der Waals surface area contributed by atoms with Crippen molar-refractivity contribution < 1.29 is 13.6 Å². The van der Waals surface area contributed by atoms with E-state index in [2.05, 4.69) is 17.1 Å². The Kier molecular flexibility index (Phi) is 5.62. The van der Waals surface area contributed by atoms with Gasteiger partial charge in [-0.25, -0.2) is 8.78 Å². The Morgan fingerprint density at radius 2 is 1.79 bits per heavy atom. The number of hydrogen-bond donors (Lipinski definition) is 1. The first-order chi connectivity index (χ1) is 16.0. The molecule has 0 spiro atoms. The first-order valence-corrected chi connectivity index (χ1v) is 11.4. The van der Waals surface area contributed by atoms with Crippen LogP contribution in [0, 0.1) is 11.6 Å². The zero-order valence-electron chi connectivity index (χ0n) is 18.5. The van der Waals surface area contributed by atoms with Crippen LogP contribution in [0.15, 0.2) is 47.4 Å². The number of carbonyl (C=O) groups is 1. The molecule has 1 saturated carbocycles. The number of para-hydroxylation sites is 1. The summed E-state index contributed by atoms with van der Waals surface area (Å²) in [5.74, 6) is -1.77. The molecule has 0 bridgehead atoms. The molecule has 5 rings (SSSR count). The van der Waals surface area contributed by atoms with Crippen molar-refractivity contribution in [1.82, 2.24) is 9.47 Å². The molecule has 172 valence electrons. The largest absolute Gasteiger partial charge is 0.367 e. The highest BCUT2D eigenvalue weighted by molar-refractivity contribution is 6.06. The number of anilines is 2. The third kappa shape index (κ3) is 4.11. The predicted molar refractivity (Wildman–Crippen MR) is 125 cm³/mol. The van der Waals surface area contributed by atoms with Gasteiger partial charge in [0.1, 0.15) is 17.2 Å². The highest BCUT2D eigenvalue weighted by Crippen LogP contribution is 2.38. The second-order valence-corrected chi connectivity index (χ2v) is 8.69. The minimum atomic E-state index is -0.707. The van der Waals surface area contributed by atoms with E-state index in [4.69, 9.17) is 0 Å². The third-order valence-electron chi connectivity index (χ3n) is 6.57. The van der Waals surface area contributed by atoms with Crippen LogP contribution in [-0.4, -0.2) is 48.1 Å². The number of carbonyl (C=O) groups excluding carboxylic acids is 1. The van der Waals surface area contributed by atoms with Gasteiger partial charge in [-0.3, -0.25) is 9.59 Å². The average molecular weight is 453 g/mol. The maximum absolute atomic E-state index is 15.2. The van der Waals surface area contributed by atoms with Crippen LogP contribution >= 0.6 is 0 Å². The van der Waals surface area contributed by atoms with E-state index in [0.29, 0.717) is 24.3 Å². The van der Waals surface area contributed by atoms with Crippen molar-refractivity contribution >= 4 is 28.2 Å². The maximum Gasteiger partial charge on any atom is 0.261 e. The number of likely N-dealkylation sites (N-methyl/N-ethyl adjacent to an activating group) is 1. The van der Waals surface area contributed by atoms with E-state index in [9.17, 15) is 14.0 Å². The zero-order chi connectivity index (χ0) is 23.1. The summed E-state index contributed by atoms with van der Waals surface area (Å²) in [6.07, 6.45) is 3.39. The molecular formula is C25H26F2N4O2. The Balaban J connectivity index is 1.56. The lowest BCUT2D eigenvalue weighted by molar-refractivity contribution is 0.102. The van der Waals surface area contributed by atoms with Gasteiger partial charge in [-0.15, -0.1) is 0 Å². The van der Waals surface area contributed by atoms with Gasteiger partial charge >= 0.3 is 0 Å². The highest BCUT2D eigenvalue weighted by atomic mass is 19.1. The van der Waals surface area contributed by atoms with Crippen LogP contribution in [0.2, 0.25) is 0 Å². The summed E-state index contributed by atoms with van der Waals surface area (Å²) in [7, 11) is 0. The normalized spacial score (nSPS) is 16.9. The van der Waals surface area contributed by atoms with Crippen LogP contribution < -0.4 is 15.6 Å². The summed E-state index contributed by atoms with van der Waals surface area (Å²) < 4.78 is 31.1. The molecular weight excluding hydrogens is 426 g/mol. The molecule has 2 aliphatic rings. The molecule has 2 fully saturated rings. The first-order valence-electron chi connectivity index (χ1n) is 11.4. The molecule has 0 radical (unpaired) electrons. The van der Waals surface area contributed by atoms with E-state index in [1.807, 2.05) is 9.47 Å². The Bertz CT molecular complexity index is 1280. The number of fused-ring (bicyclic) bond motifs is 1. The summed E-state index contributed by atoms with van der Waals surface area (Å²) in [5, 5.41) is 2.64. The molecule has 0 atom stereocenters. The van der Waals surface area contributed by atoms with E-state index in [0.717, 1.165) is 32.5 Å². The lowest BCUT2D eigenvalue weighted by atomic mass is 10.1. The highest BCUT2D eigenvalue weighted by Gasteiger charge is 2.28. The molecule has 33 heavy (non-hydrogen) atoms. The number of rotatable bonds is 5. The second-order valence-electron chi connectivity index (χ2n) is 8.69. The number of halogens is 2. The number of amides is 1. The molecule has 1 saturated heterocycles. The van der Waals surface area contributed by atoms with E-state index >= 15 is 4.39 Å². The third-order valence-corrected chi connectivity index (χ3v) is 6.57. The summed E-state index contributed by atoms with van der Waals surface area (Å²) in [6.45, 7) is 6.23. The fourth-order valence-electron chi connectivity index (χ4n) is 4.47. The van der Waals surface area contributed by atoms with Gasteiger partial charge in [0.25, 0.3) is 5.91 Å². The summed E-state index contributed by atoms with van der Waals surface area (Å²) in [5.41, 5.74) is 0.418. The molecule has 6 nitrogen and oxygen atoms in total. The van der Waals surface area contributed by atoms with Crippen molar-refractivity contribution in [2.75, 3.05) is 42.9 Å². The molecule has 1 amide bonds. The van der Waals surface area contributed by atoms with Gasteiger partial charge < -0.3 is 19.7 Å². The molecule has 2 heterocycles. The van der Waals surface area contributed by atoms with Crippen molar-refractivity contribution in [3.8, 4) is 0 Å². The molecule has 1 aliphatic carbocycles. The molecule has 1 N–H and O–H groups in total. The fourth-order valence-corrected chi connectivity index (χ4v) is 4.47. The molecule has 3 aromatic rings. The number of hydrogen-bond acceptors (Lipinski definition) is 4.